The van der Waals surface area contributed by atoms with Crippen LogP contribution in [0.2, 0.25) is 5.02 Å². The molecule has 3 rings (SSSR count). The Morgan fingerprint density at radius 3 is 2.77 bits per heavy atom. The van der Waals surface area contributed by atoms with Gasteiger partial charge in [0.15, 0.2) is 11.5 Å². The van der Waals surface area contributed by atoms with Crippen LogP contribution >= 0.6 is 27.5 Å². The topological polar surface area (TPSA) is 102 Å². The van der Waals surface area contributed by atoms with Crippen LogP contribution in [0.25, 0.3) is 0 Å². The zero-order valence-electron chi connectivity index (χ0n) is 13.5. The lowest BCUT2D eigenvalue weighted by atomic mass is 10.2. The van der Waals surface area contributed by atoms with Gasteiger partial charge in [0.05, 0.1) is 22.8 Å². The van der Waals surface area contributed by atoms with E-state index in [-0.39, 0.29) is 17.1 Å². The number of carboxylic acid groups (broad SMARTS) is 1. The van der Waals surface area contributed by atoms with Crippen LogP contribution < -0.4 is 5.32 Å². The monoisotopic (exact) mass is 437 g/mol. The molecule has 2 aromatic heterocycles. The number of carbonyl (C=O) groups is 2. The normalized spacial score (nSPS) is 10.7. The van der Waals surface area contributed by atoms with Gasteiger partial charge in [-0.25, -0.2) is 4.79 Å². The van der Waals surface area contributed by atoms with Crippen molar-refractivity contribution in [2.45, 2.75) is 6.54 Å². The molecule has 0 saturated heterocycles. The molecule has 2 heterocycles. The number of hydrogen-bond donors (Lipinski definition) is 2. The molecular formula is C16H13BrClN5O3. The number of aromatic carboxylic acids is 1. The van der Waals surface area contributed by atoms with Crippen molar-refractivity contribution in [1.82, 2.24) is 19.6 Å². The predicted octanol–water partition coefficient (Wildman–Crippen LogP) is 3.03. The molecule has 2 N–H and O–H groups in total. The van der Waals surface area contributed by atoms with E-state index in [4.69, 9.17) is 11.6 Å². The van der Waals surface area contributed by atoms with Gasteiger partial charge in [-0.15, -0.1) is 0 Å². The molecule has 134 valence electrons. The van der Waals surface area contributed by atoms with Gasteiger partial charge in [0.25, 0.3) is 5.91 Å². The summed E-state index contributed by atoms with van der Waals surface area (Å²) >= 11 is 9.48. The van der Waals surface area contributed by atoms with Gasteiger partial charge in [0, 0.05) is 18.3 Å². The maximum Gasteiger partial charge on any atom is 0.354 e. The van der Waals surface area contributed by atoms with E-state index in [9.17, 15) is 14.7 Å². The highest BCUT2D eigenvalue weighted by atomic mass is 79.9. The summed E-state index contributed by atoms with van der Waals surface area (Å²) in [7, 11) is 1.45. The zero-order valence-corrected chi connectivity index (χ0v) is 15.8. The van der Waals surface area contributed by atoms with E-state index in [2.05, 4.69) is 31.4 Å². The number of amides is 1. The third-order valence-electron chi connectivity index (χ3n) is 3.63. The summed E-state index contributed by atoms with van der Waals surface area (Å²) in [5.74, 6) is -1.58. The second kappa shape index (κ2) is 7.30. The Morgan fingerprint density at radius 1 is 1.35 bits per heavy atom. The molecule has 0 aliphatic heterocycles. The van der Waals surface area contributed by atoms with Gasteiger partial charge in [-0.1, -0.05) is 29.8 Å². The third-order valence-corrected chi connectivity index (χ3v) is 4.57. The standard InChI is InChI=1S/C16H13BrClN5O3/c1-22-13(16(25)26)10(6-19-22)15(24)20-14-11(17)8-23(21-14)7-9-4-2-3-5-12(9)18/h2-6,8H,7H2,1H3,(H,25,26)(H,20,21,24). The molecule has 0 radical (unpaired) electrons. The first-order valence-corrected chi connectivity index (χ1v) is 8.57. The van der Waals surface area contributed by atoms with Crippen molar-refractivity contribution in [3.8, 4) is 0 Å². The fourth-order valence-electron chi connectivity index (χ4n) is 2.40. The highest BCUT2D eigenvalue weighted by Gasteiger charge is 2.23. The van der Waals surface area contributed by atoms with Crippen molar-refractivity contribution in [1.29, 1.82) is 0 Å². The lowest BCUT2D eigenvalue weighted by molar-refractivity contribution is 0.0680. The number of rotatable bonds is 5. The molecule has 10 heteroatoms. The summed E-state index contributed by atoms with van der Waals surface area (Å²) in [6.45, 7) is 0.418. The van der Waals surface area contributed by atoms with E-state index in [1.165, 1.54) is 13.2 Å². The van der Waals surface area contributed by atoms with Crippen molar-refractivity contribution in [3.63, 3.8) is 0 Å². The number of nitrogens with one attached hydrogen (secondary N) is 1. The molecule has 0 aliphatic rings. The summed E-state index contributed by atoms with van der Waals surface area (Å²) in [4.78, 5) is 23.7. The van der Waals surface area contributed by atoms with E-state index in [0.29, 0.717) is 16.0 Å². The summed E-state index contributed by atoms with van der Waals surface area (Å²) in [6.07, 6.45) is 2.90. The molecular weight excluding hydrogens is 426 g/mol. The zero-order chi connectivity index (χ0) is 18.8. The molecule has 0 saturated carbocycles. The predicted molar refractivity (Wildman–Crippen MR) is 98.6 cm³/mol. The Labute approximate surface area is 161 Å². The van der Waals surface area contributed by atoms with Crippen LogP contribution in [0, 0.1) is 0 Å². The lowest BCUT2D eigenvalue weighted by Gasteiger charge is -2.04. The van der Waals surface area contributed by atoms with Gasteiger partial charge in [0.1, 0.15) is 0 Å². The van der Waals surface area contributed by atoms with E-state index >= 15 is 0 Å². The molecule has 0 fully saturated rings. The number of anilines is 1. The van der Waals surface area contributed by atoms with Gasteiger partial charge < -0.3 is 10.4 Å². The Bertz CT molecular complexity index is 998. The minimum atomic E-state index is -1.24. The van der Waals surface area contributed by atoms with Gasteiger partial charge in [-0.2, -0.15) is 10.2 Å². The maximum absolute atomic E-state index is 12.4. The molecule has 3 aromatic rings. The van der Waals surface area contributed by atoms with E-state index in [1.807, 2.05) is 18.2 Å². The number of carboxylic acids is 1. The quantitative estimate of drug-likeness (QED) is 0.637. The molecule has 0 bridgehead atoms. The largest absolute Gasteiger partial charge is 0.477 e. The number of nitrogens with zero attached hydrogens (tertiary/aromatic N) is 4. The summed E-state index contributed by atoms with van der Waals surface area (Å²) in [6, 6.07) is 7.38. The highest BCUT2D eigenvalue weighted by molar-refractivity contribution is 9.10. The first kappa shape index (κ1) is 18.2. The van der Waals surface area contributed by atoms with E-state index in [1.54, 1.807) is 16.9 Å². The molecule has 0 unspecified atom stereocenters. The second-order valence-corrected chi connectivity index (χ2v) is 6.67. The van der Waals surface area contributed by atoms with Crippen molar-refractivity contribution < 1.29 is 14.7 Å². The number of aromatic nitrogens is 4. The fourth-order valence-corrected chi connectivity index (χ4v) is 3.01. The number of benzene rings is 1. The molecule has 0 aliphatic carbocycles. The molecule has 8 nitrogen and oxygen atoms in total. The maximum atomic E-state index is 12.4. The lowest BCUT2D eigenvalue weighted by Crippen LogP contribution is -2.17. The van der Waals surface area contributed by atoms with Crippen LogP contribution in [0.3, 0.4) is 0 Å². The van der Waals surface area contributed by atoms with Crippen molar-refractivity contribution in [2.24, 2.45) is 7.05 Å². The smallest absolute Gasteiger partial charge is 0.354 e. The minimum Gasteiger partial charge on any atom is -0.477 e. The van der Waals surface area contributed by atoms with Crippen molar-refractivity contribution in [3.05, 3.63) is 63.0 Å². The number of aryl methyl sites for hydroxylation is 1. The third kappa shape index (κ3) is 3.63. The van der Waals surface area contributed by atoms with Gasteiger partial charge >= 0.3 is 5.97 Å². The average Bonchev–Trinajstić information content (AvgIpc) is 3.13. The number of carbonyl (C=O) groups excluding carboxylic acids is 1. The van der Waals surface area contributed by atoms with Crippen LogP contribution in [-0.2, 0) is 13.6 Å². The summed E-state index contributed by atoms with van der Waals surface area (Å²) in [5, 5.41) is 20.5. The Hall–Kier alpha value is -2.65. The fraction of sp³-hybridized carbons (Fsp3) is 0.125. The van der Waals surface area contributed by atoms with Crippen LogP contribution in [0.4, 0.5) is 5.82 Å². The van der Waals surface area contributed by atoms with Crippen molar-refractivity contribution in [2.75, 3.05) is 5.32 Å². The molecule has 1 aromatic carbocycles. The summed E-state index contributed by atoms with van der Waals surface area (Å²) < 4.78 is 3.29. The minimum absolute atomic E-state index is 0.0486. The van der Waals surface area contributed by atoms with Gasteiger partial charge in [0.2, 0.25) is 0 Å². The molecule has 1 amide bonds. The summed E-state index contributed by atoms with van der Waals surface area (Å²) in [5.41, 5.74) is 0.629. The molecule has 0 spiro atoms. The molecule has 0 atom stereocenters. The van der Waals surface area contributed by atoms with E-state index in [0.717, 1.165) is 10.2 Å². The molecule has 26 heavy (non-hydrogen) atoms. The van der Waals surface area contributed by atoms with Crippen molar-refractivity contribution >= 4 is 45.2 Å². The SMILES string of the molecule is Cn1ncc(C(=O)Nc2nn(Cc3ccccc3Cl)cc2Br)c1C(=O)O. The van der Waals surface area contributed by atoms with Gasteiger partial charge in [-0.05, 0) is 27.6 Å². The Balaban J connectivity index is 1.81. The van der Waals surface area contributed by atoms with Crippen LogP contribution in [-0.4, -0.2) is 36.5 Å². The number of hydrogen-bond acceptors (Lipinski definition) is 4. The van der Waals surface area contributed by atoms with Gasteiger partial charge in [-0.3, -0.25) is 14.2 Å². The average molecular weight is 439 g/mol. The van der Waals surface area contributed by atoms with Crippen LogP contribution in [0.1, 0.15) is 26.4 Å². The Morgan fingerprint density at radius 2 is 2.08 bits per heavy atom. The first-order chi connectivity index (χ1) is 12.4. The second-order valence-electron chi connectivity index (χ2n) is 5.40. The first-order valence-electron chi connectivity index (χ1n) is 7.40. The van der Waals surface area contributed by atoms with Crippen LogP contribution in [0.5, 0.6) is 0 Å². The number of halogens is 2. The highest BCUT2D eigenvalue weighted by Crippen LogP contribution is 2.23. The van der Waals surface area contributed by atoms with E-state index < -0.39 is 11.9 Å². The Kier molecular flexibility index (Phi) is 5.10. The van der Waals surface area contributed by atoms with Crippen LogP contribution in [0.15, 0.2) is 41.1 Å².